The van der Waals surface area contributed by atoms with E-state index in [4.69, 9.17) is 9.84 Å². The van der Waals surface area contributed by atoms with E-state index in [0.29, 0.717) is 11.5 Å². The number of aliphatic hydroxyl groups excluding tert-OH is 1. The number of ether oxygens (including phenoxy) is 2. The molecule has 2 aromatic carbocycles. The lowest BCUT2D eigenvalue weighted by Gasteiger charge is -2.12. The van der Waals surface area contributed by atoms with Crippen molar-refractivity contribution in [1.82, 2.24) is 5.32 Å². The highest BCUT2D eigenvalue weighted by molar-refractivity contribution is 5.94. The second kappa shape index (κ2) is 9.24. The van der Waals surface area contributed by atoms with Gasteiger partial charge in [0.25, 0.3) is 0 Å². The van der Waals surface area contributed by atoms with Gasteiger partial charge in [-0.05, 0) is 35.9 Å². The summed E-state index contributed by atoms with van der Waals surface area (Å²) in [6.07, 6.45) is 2.85. The molecule has 0 heterocycles. The van der Waals surface area contributed by atoms with Gasteiger partial charge in [-0.2, -0.15) is 0 Å². The maximum atomic E-state index is 11.8. The number of methoxy groups -OCH3 is 1. The van der Waals surface area contributed by atoms with E-state index in [0.717, 1.165) is 5.56 Å². The molecule has 6 nitrogen and oxygen atoms in total. The van der Waals surface area contributed by atoms with Crippen molar-refractivity contribution in [3.05, 3.63) is 66.2 Å². The Labute approximate surface area is 145 Å². The number of benzene rings is 2. The van der Waals surface area contributed by atoms with Gasteiger partial charge in [0.05, 0.1) is 13.7 Å². The van der Waals surface area contributed by atoms with Crippen LogP contribution in [0.25, 0.3) is 6.08 Å². The largest absolute Gasteiger partial charge is 0.467 e. The summed E-state index contributed by atoms with van der Waals surface area (Å²) >= 11 is 0. The van der Waals surface area contributed by atoms with Crippen LogP contribution in [0.1, 0.15) is 5.56 Å². The van der Waals surface area contributed by atoms with Crippen LogP contribution >= 0.6 is 0 Å². The predicted molar refractivity (Wildman–Crippen MR) is 93.0 cm³/mol. The highest BCUT2D eigenvalue weighted by Crippen LogP contribution is 2.22. The lowest BCUT2D eigenvalue weighted by molar-refractivity contribution is -0.145. The van der Waals surface area contributed by atoms with E-state index in [1.165, 1.54) is 13.2 Å². The standard InChI is InChI=1S/C19H19NO5/c1-24-19(23)17(13-21)20-18(22)11-10-14-6-5-9-16(12-14)25-15-7-3-2-4-8-15/h2-12,17,21H,13H2,1H3,(H,20,22)/b11-10+/t17-/m0/s1. The lowest BCUT2D eigenvalue weighted by Crippen LogP contribution is -2.43. The monoisotopic (exact) mass is 341 g/mol. The normalized spacial score (nSPS) is 11.8. The van der Waals surface area contributed by atoms with Crippen LogP contribution in [0.5, 0.6) is 11.5 Å². The maximum absolute atomic E-state index is 11.8. The number of aliphatic hydroxyl groups is 1. The van der Waals surface area contributed by atoms with Crippen LogP contribution in [-0.4, -0.2) is 36.7 Å². The van der Waals surface area contributed by atoms with Crippen LogP contribution in [0.4, 0.5) is 0 Å². The van der Waals surface area contributed by atoms with Crippen molar-refractivity contribution in [2.24, 2.45) is 0 Å². The molecule has 2 aromatic rings. The number of nitrogens with one attached hydrogen (secondary N) is 1. The zero-order valence-corrected chi connectivity index (χ0v) is 13.7. The van der Waals surface area contributed by atoms with E-state index in [1.807, 2.05) is 42.5 Å². The van der Waals surface area contributed by atoms with Gasteiger partial charge in [-0.15, -0.1) is 0 Å². The third-order valence-electron chi connectivity index (χ3n) is 3.25. The molecule has 0 aliphatic heterocycles. The van der Waals surface area contributed by atoms with Crippen molar-refractivity contribution in [3.63, 3.8) is 0 Å². The number of carbonyl (C=O) groups excluding carboxylic acids is 2. The van der Waals surface area contributed by atoms with Crippen molar-refractivity contribution in [2.45, 2.75) is 6.04 Å². The zero-order chi connectivity index (χ0) is 18.1. The molecule has 0 unspecified atom stereocenters. The smallest absolute Gasteiger partial charge is 0.330 e. The molecule has 2 rings (SSSR count). The van der Waals surface area contributed by atoms with E-state index in [2.05, 4.69) is 10.1 Å². The number of carbonyl (C=O) groups is 2. The van der Waals surface area contributed by atoms with Crippen molar-refractivity contribution in [3.8, 4) is 11.5 Å². The summed E-state index contributed by atoms with van der Waals surface area (Å²) in [5.74, 6) is 0.128. The van der Waals surface area contributed by atoms with Gasteiger partial charge in [0, 0.05) is 6.08 Å². The fourth-order valence-electron chi connectivity index (χ4n) is 2.02. The summed E-state index contributed by atoms with van der Waals surface area (Å²) in [7, 11) is 1.19. The van der Waals surface area contributed by atoms with Gasteiger partial charge in [0.1, 0.15) is 11.5 Å². The first-order valence-electron chi connectivity index (χ1n) is 7.62. The molecule has 0 bridgehead atoms. The SMILES string of the molecule is COC(=O)[C@H](CO)NC(=O)/C=C/c1cccc(Oc2ccccc2)c1. The molecule has 0 aliphatic rings. The number of rotatable bonds is 7. The molecule has 0 saturated heterocycles. The summed E-state index contributed by atoms with van der Waals surface area (Å²) in [5.41, 5.74) is 0.752. The first-order chi connectivity index (χ1) is 12.1. The number of hydrogen-bond donors (Lipinski definition) is 2. The van der Waals surface area contributed by atoms with Gasteiger partial charge in [-0.3, -0.25) is 4.79 Å². The molecule has 1 amide bonds. The van der Waals surface area contributed by atoms with Crippen molar-refractivity contribution < 1.29 is 24.2 Å². The number of hydrogen-bond acceptors (Lipinski definition) is 5. The van der Waals surface area contributed by atoms with Gasteiger partial charge in [0.15, 0.2) is 6.04 Å². The average Bonchev–Trinajstić information content (AvgIpc) is 2.65. The van der Waals surface area contributed by atoms with Gasteiger partial charge < -0.3 is 19.9 Å². The Morgan fingerprint density at radius 3 is 2.52 bits per heavy atom. The summed E-state index contributed by atoms with van der Waals surface area (Å²) in [6, 6.07) is 15.5. The molecule has 130 valence electrons. The summed E-state index contributed by atoms with van der Waals surface area (Å²) in [5, 5.41) is 11.4. The molecule has 0 spiro atoms. The fourth-order valence-corrected chi connectivity index (χ4v) is 2.02. The summed E-state index contributed by atoms with van der Waals surface area (Å²) < 4.78 is 10.2. The molecule has 6 heteroatoms. The minimum absolute atomic E-state index is 0.515. The molecule has 2 N–H and O–H groups in total. The highest BCUT2D eigenvalue weighted by Gasteiger charge is 2.19. The molecule has 0 fully saturated rings. The topological polar surface area (TPSA) is 84.9 Å². The van der Waals surface area contributed by atoms with Crippen LogP contribution in [-0.2, 0) is 14.3 Å². The molecule has 0 aliphatic carbocycles. The van der Waals surface area contributed by atoms with Gasteiger partial charge in [0.2, 0.25) is 5.91 Å². The molecule has 0 aromatic heterocycles. The third kappa shape index (κ3) is 5.78. The predicted octanol–water partition coefficient (Wildman–Crippen LogP) is 2.14. The van der Waals surface area contributed by atoms with Crippen molar-refractivity contribution in [2.75, 3.05) is 13.7 Å². The quantitative estimate of drug-likeness (QED) is 0.595. The van der Waals surface area contributed by atoms with Crippen LogP contribution in [0.2, 0.25) is 0 Å². The average molecular weight is 341 g/mol. The second-order valence-corrected chi connectivity index (χ2v) is 5.09. The van der Waals surface area contributed by atoms with Crippen molar-refractivity contribution >= 4 is 18.0 Å². The Morgan fingerprint density at radius 1 is 1.12 bits per heavy atom. The Bertz CT molecular complexity index is 742. The molecule has 0 saturated carbocycles. The van der Waals surface area contributed by atoms with E-state index >= 15 is 0 Å². The minimum Gasteiger partial charge on any atom is -0.467 e. The molecular weight excluding hydrogens is 322 g/mol. The van der Waals surface area contributed by atoms with Gasteiger partial charge >= 0.3 is 5.97 Å². The minimum atomic E-state index is -1.09. The molecular formula is C19H19NO5. The van der Waals surface area contributed by atoms with Crippen LogP contribution in [0.15, 0.2) is 60.7 Å². The third-order valence-corrected chi connectivity index (χ3v) is 3.25. The summed E-state index contributed by atoms with van der Waals surface area (Å²) in [4.78, 5) is 23.2. The second-order valence-electron chi connectivity index (χ2n) is 5.09. The zero-order valence-electron chi connectivity index (χ0n) is 13.7. The Kier molecular flexibility index (Phi) is 6.74. The van der Waals surface area contributed by atoms with Gasteiger partial charge in [-0.25, -0.2) is 4.79 Å². The Hall–Kier alpha value is -3.12. The number of amides is 1. The fraction of sp³-hybridized carbons (Fsp3) is 0.158. The molecule has 25 heavy (non-hydrogen) atoms. The lowest BCUT2D eigenvalue weighted by atomic mass is 10.2. The summed E-state index contributed by atoms with van der Waals surface area (Å²) in [6.45, 7) is -0.535. The molecule has 1 atom stereocenters. The van der Waals surface area contributed by atoms with E-state index in [1.54, 1.807) is 18.2 Å². The van der Waals surface area contributed by atoms with Crippen molar-refractivity contribution in [1.29, 1.82) is 0 Å². The Morgan fingerprint density at radius 2 is 1.84 bits per heavy atom. The first kappa shape index (κ1) is 18.2. The van der Waals surface area contributed by atoms with E-state index in [-0.39, 0.29) is 0 Å². The van der Waals surface area contributed by atoms with Crippen LogP contribution in [0.3, 0.4) is 0 Å². The number of para-hydroxylation sites is 1. The van der Waals surface area contributed by atoms with E-state index in [9.17, 15) is 9.59 Å². The van der Waals surface area contributed by atoms with Crippen LogP contribution in [0, 0.1) is 0 Å². The Balaban J connectivity index is 2.00. The maximum Gasteiger partial charge on any atom is 0.330 e. The van der Waals surface area contributed by atoms with Crippen LogP contribution < -0.4 is 10.1 Å². The van der Waals surface area contributed by atoms with Gasteiger partial charge in [-0.1, -0.05) is 30.3 Å². The molecule has 0 radical (unpaired) electrons. The number of esters is 1. The van der Waals surface area contributed by atoms with E-state index < -0.39 is 24.5 Å². The first-order valence-corrected chi connectivity index (χ1v) is 7.62. The highest BCUT2D eigenvalue weighted by atomic mass is 16.5.